The molecule has 1 saturated heterocycles. The van der Waals surface area contributed by atoms with Gasteiger partial charge in [0.25, 0.3) is 5.91 Å². The van der Waals surface area contributed by atoms with Crippen molar-refractivity contribution in [3.05, 3.63) is 59.2 Å². The zero-order valence-electron chi connectivity index (χ0n) is 18.6. The molecule has 2 aromatic rings. The number of amides is 1. The average molecular weight is 446 g/mol. The standard InChI is InChI=1S/C23H31N3O4S/c1-17(2)24-31(28,29)21-10-5-18(3)22(15-21)23(27)26-13-11-25(12-14-26)16-19-6-8-20(30-4)9-7-19/h5-10,15,17,24H,11-14,16H2,1-4H3. The lowest BCUT2D eigenvalue weighted by Gasteiger charge is -2.35. The number of ether oxygens (including phenoxy) is 1. The van der Waals surface area contributed by atoms with Gasteiger partial charge in [-0.15, -0.1) is 0 Å². The molecule has 31 heavy (non-hydrogen) atoms. The second-order valence-corrected chi connectivity index (χ2v) is 9.88. The van der Waals surface area contributed by atoms with Gasteiger partial charge in [0.05, 0.1) is 12.0 Å². The molecule has 0 saturated carbocycles. The van der Waals surface area contributed by atoms with E-state index in [1.807, 2.05) is 19.1 Å². The first-order valence-electron chi connectivity index (χ1n) is 10.5. The molecular weight excluding hydrogens is 414 g/mol. The average Bonchev–Trinajstić information content (AvgIpc) is 2.73. The minimum absolute atomic E-state index is 0.119. The SMILES string of the molecule is COc1ccc(CN2CCN(C(=O)c3cc(S(=O)(=O)NC(C)C)ccc3C)CC2)cc1. The first kappa shape index (κ1) is 23.2. The van der Waals surface area contributed by atoms with Crippen LogP contribution in [0.4, 0.5) is 0 Å². The number of aryl methyl sites for hydroxylation is 1. The van der Waals surface area contributed by atoms with E-state index in [-0.39, 0.29) is 16.8 Å². The number of rotatable bonds is 7. The van der Waals surface area contributed by atoms with Crippen LogP contribution in [-0.4, -0.2) is 63.5 Å². The minimum atomic E-state index is -3.65. The molecule has 1 heterocycles. The summed E-state index contributed by atoms with van der Waals surface area (Å²) >= 11 is 0. The molecule has 1 aliphatic rings. The van der Waals surface area contributed by atoms with Gasteiger partial charge in [0.2, 0.25) is 10.0 Å². The molecule has 7 nitrogen and oxygen atoms in total. The normalized spacial score (nSPS) is 15.3. The summed E-state index contributed by atoms with van der Waals surface area (Å²) in [6.07, 6.45) is 0. The number of benzene rings is 2. The number of carbonyl (C=O) groups is 1. The van der Waals surface area contributed by atoms with E-state index in [2.05, 4.69) is 21.8 Å². The van der Waals surface area contributed by atoms with Gasteiger partial charge in [-0.3, -0.25) is 9.69 Å². The first-order valence-corrected chi connectivity index (χ1v) is 12.0. The van der Waals surface area contributed by atoms with Crippen molar-refractivity contribution in [1.29, 1.82) is 0 Å². The molecular formula is C23H31N3O4S. The lowest BCUT2D eigenvalue weighted by molar-refractivity contribution is 0.0627. The van der Waals surface area contributed by atoms with Gasteiger partial charge >= 0.3 is 0 Å². The third-order valence-corrected chi connectivity index (χ3v) is 7.02. The topological polar surface area (TPSA) is 79.0 Å². The van der Waals surface area contributed by atoms with E-state index in [0.717, 1.165) is 30.9 Å². The number of carbonyl (C=O) groups excluding carboxylic acids is 1. The molecule has 168 valence electrons. The molecule has 1 fully saturated rings. The summed E-state index contributed by atoms with van der Waals surface area (Å²) in [5.74, 6) is 0.713. The molecule has 0 aromatic heterocycles. The fourth-order valence-electron chi connectivity index (χ4n) is 3.65. The van der Waals surface area contributed by atoms with Crippen molar-refractivity contribution >= 4 is 15.9 Å². The van der Waals surface area contributed by atoms with Gasteiger partial charge in [-0.25, -0.2) is 13.1 Å². The Morgan fingerprint density at radius 1 is 1.06 bits per heavy atom. The van der Waals surface area contributed by atoms with Crippen LogP contribution in [0.2, 0.25) is 0 Å². The molecule has 1 amide bonds. The molecule has 0 atom stereocenters. The van der Waals surface area contributed by atoms with Crippen molar-refractivity contribution < 1.29 is 17.9 Å². The van der Waals surface area contributed by atoms with E-state index in [4.69, 9.17) is 4.74 Å². The fourth-order valence-corrected chi connectivity index (χ4v) is 4.92. The number of methoxy groups -OCH3 is 1. The Morgan fingerprint density at radius 2 is 1.71 bits per heavy atom. The lowest BCUT2D eigenvalue weighted by atomic mass is 10.1. The molecule has 0 unspecified atom stereocenters. The smallest absolute Gasteiger partial charge is 0.254 e. The number of hydrogen-bond donors (Lipinski definition) is 1. The second-order valence-electron chi connectivity index (χ2n) is 8.17. The maximum atomic E-state index is 13.1. The zero-order valence-corrected chi connectivity index (χ0v) is 19.4. The van der Waals surface area contributed by atoms with Crippen molar-refractivity contribution in [2.45, 2.75) is 38.3 Å². The maximum absolute atomic E-state index is 13.1. The van der Waals surface area contributed by atoms with Gasteiger partial charge < -0.3 is 9.64 Å². The molecule has 3 rings (SSSR count). The fraction of sp³-hybridized carbons (Fsp3) is 0.435. The van der Waals surface area contributed by atoms with Gasteiger partial charge in [0.1, 0.15) is 5.75 Å². The monoisotopic (exact) mass is 445 g/mol. The summed E-state index contributed by atoms with van der Waals surface area (Å²) in [5.41, 5.74) is 2.41. The molecule has 8 heteroatoms. The van der Waals surface area contributed by atoms with Crippen LogP contribution in [0.1, 0.15) is 35.3 Å². The Morgan fingerprint density at radius 3 is 2.29 bits per heavy atom. The summed E-state index contributed by atoms with van der Waals surface area (Å²) in [6.45, 7) is 8.93. The van der Waals surface area contributed by atoms with E-state index < -0.39 is 10.0 Å². The highest BCUT2D eigenvalue weighted by atomic mass is 32.2. The first-order chi connectivity index (χ1) is 14.7. The maximum Gasteiger partial charge on any atom is 0.254 e. The highest BCUT2D eigenvalue weighted by Crippen LogP contribution is 2.20. The summed E-state index contributed by atoms with van der Waals surface area (Å²) < 4.78 is 32.8. The van der Waals surface area contributed by atoms with Crippen LogP contribution in [0.25, 0.3) is 0 Å². The summed E-state index contributed by atoms with van der Waals surface area (Å²) in [4.78, 5) is 17.4. The molecule has 0 spiro atoms. The van der Waals surface area contributed by atoms with Gasteiger partial charge in [0, 0.05) is 44.3 Å². The summed E-state index contributed by atoms with van der Waals surface area (Å²) in [7, 11) is -2.00. The van der Waals surface area contributed by atoms with E-state index in [1.165, 1.54) is 11.6 Å². The van der Waals surface area contributed by atoms with E-state index in [9.17, 15) is 13.2 Å². The lowest BCUT2D eigenvalue weighted by Crippen LogP contribution is -2.48. The number of sulfonamides is 1. The van der Waals surface area contributed by atoms with Crippen molar-refractivity contribution in [3.8, 4) is 5.75 Å². The van der Waals surface area contributed by atoms with Gasteiger partial charge in [-0.05, 0) is 56.2 Å². The number of hydrogen-bond acceptors (Lipinski definition) is 5. The Hall–Kier alpha value is -2.42. The van der Waals surface area contributed by atoms with Crippen LogP contribution in [0.15, 0.2) is 47.4 Å². The van der Waals surface area contributed by atoms with Gasteiger partial charge in [-0.1, -0.05) is 18.2 Å². The predicted molar refractivity (Wildman–Crippen MR) is 121 cm³/mol. The molecule has 1 aliphatic heterocycles. The Kier molecular flexibility index (Phi) is 7.35. The molecule has 2 aromatic carbocycles. The molecule has 0 radical (unpaired) electrons. The third kappa shape index (κ3) is 5.84. The highest BCUT2D eigenvalue weighted by Gasteiger charge is 2.25. The van der Waals surface area contributed by atoms with Crippen LogP contribution >= 0.6 is 0 Å². The van der Waals surface area contributed by atoms with Gasteiger partial charge in [0.15, 0.2) is 0 Å². The van der Waals surface area contributed by atoms with Gasteiger partial charge in [-0.2, -0.15) is 0 Å². The van der Waals surface area contributed by atoms with E-state index >= 15 is 0 Å². The van der Waals surface area contributed by atoms with E-state index in [0.29, 0.717) is 18.7 Å². The largest absolute Gasteiger partial charge is 0.497 e. The van der Waals surface area contributed by atoms with Crippen molar-refractivity contribution in [2.75, 3.05) is 33.3 Å². The van der Waals surface area contributed by atoms with Crippen molar-refractivity contribution in [2.24, 2.45) is 0 Å². The highest BCUT2D eigenvalue weighted by molar-refractivity contribution is 7.89. The molecule has 0 aliphatic carbocycles. The van der Waals surface area contributed by atoms with Crippen LogP contribution < -0.4 is 9.46 Å². The van der Waals surface area contributed by atoms with Crippen LogP contribution in [0.3, 0.4) is 0 Å². The quantitative estimate of drug-likeness (QED) is 0.709. The predicted octanol–water partition coefficient (Wildman–Crippen LogP) is 2.65. The number of piperazine rings is 1. The van der Waals surface area contributed by atoms with Crippen LogP contribution in [0.5, 0.6) is 5.75 Å². The van der Waals surface area contributed by atoms with Crippen LogP contribution in [-0.2, 0) is 16.6 Å². The molecule has 1 N–H and O–H groups in total. The zero-order chi connectivity index (χ0) is 22.6. The van der Waals surface area contributed by atoms with Crippen molar-refractivity contribution in [1.82, 2.24) is 14.5 Å². The minimum Gasteiger partial charge on any atom is -0.497 e. The Bertz CT molecular complexity index is 1010. The second kappa shape index (κ2) is 9.80. The van der Waals surface area contributed by atoms with Crippen LogP contribution in [0, 0.1) is 6.92 Å². The Balaban J connectivity index is 1.65. The van der Waals surface area contributed by atoms with Crippen molar-refractivity contribution in [3.63, 3.8) is 0 Å². The number of nitrogens with zero attached hydrogens (tertiary/aromatic N) is 2. The molecule has 0 bridgehead atoms. The van der Waals surface area contributed by atoms with E-state index in [1.54, 1.807) is 38.0 Å². The third-order valence-electron chi connectivity index (χ3n) is 5.37. The summed E-state index contributed by atoms with van der Waals surface area (Å²) in [6, 6.07) is 12.5. The Labute approximate surface area is 185 Å². The summed E-state index contributed by atoms with van der Waals surface area (Å²) in [5, 5.41) is 0. The number of nitrogens with one attached hydrogen (secondary N) is 1.